The molecule has 1 aliphatic rings. The highest BCUT2D eigenvalue weighted by Gasteiger charge is 2.13. The van der Waals surface area contributed by atoms with Crippen LogP contribution in [0.15, 0.2) is 36.4 Å². The molecule has 0 unspecified atom stereocenters. The number of carbonyl (C=O) groups excluding carboxylic acids is 1. The van der Waals surface area contributed by atoms with Crippen molar-refractivity contribution in [1.29, 1.82) is 0 Å². The third-order valence-corrected chi connectivity index (χ3v) is 4.20. The fourth-order valence-corrected chi connectivity index (χ4v) is 2.95. The fraction of sp³-hybridized carbons (Fsp3) is 0.200. The summed E-state index contributed by atoms with van der Waals surface area (Å²) in [5, 5.41) is 11.1. The summed E-state index contributed by atoms with van der Waals surface area (Å²) in [6.45, 7) is 1.11. The van der Waals surface area contributed by atoms with Gasteiger partial charge in [0.05, 0.1) is 12.1 Å². The minimum atomic E-state index is -0.463. The van der Waals surface area contributed by atoms with Gasteiger partial charge in [-0.05, 0) is 48.4 Å². The normalized spacial score (nSPS) is 14.5. The maximum atomic E-state index is 11.8. The second kappa shape index (κ2) is 6.81. The van der Waals surface area contributed by atoms with Crippen molar-refractivity contribution in [2.45, 2.75) is 13.0 Å². The zero-order valence-corrected chi connectivity index (χ0v) is 14.0. The van der Waals surface area contributed by atoms with Crippen LogP contribution in [0.25, 0.3) is 22.2 Å². The number of benzene rings is 2. The van der Waals surface area contributed by atoms with Crippen LogP contribution < -0.4 is 10.1 Å². The minimum Gasteiger partial charge on any atom is -0.494 e. The summed E-state index contributed by atoms with van der Waals surface area (Å²) in [5.74, 6) is 3.40. The predicted octanol–water partition coefficient (Wildman–Crippen LogP) is 3.22. The average Bonchev–Trinajstić information content (AvgIpc) is 3.08. The quantitative estimate of drug-likeness (QED) is 0.612. The van der Waals surface area contributed by atoms with Crippen LogP contribution in [0.1, 0.15) is 17.5 Å². The molecule has 0 spiro atoms. The number of fused-ring (bicyclic) bond motifs is 4. The zero-order chi connectivity index (χ0) is 17.9. The smallest absolute Gasteiger partial charge is 0.407 e. The lowest BCUT2D eigenvalue weighted by Crippen LogP contribution is -2.26. The number of amides is 1. The van der Waals surface area contributed by atoms with E-state index >= 15 is 0 Å². The van der Waals surface area contributed by atoms with Gasteiger partial charge in [-0.2, -0.15) is 5.10 Å². The summed E-state index contributed by atoms with van der Waals surface area (Å²) in [5.41, 5.74) is 4.07. The van der Waals surface area contributed by atoms with Crippen molar-refractivity contribution in [1.82, 2.24) is 15.5 Å². The summed E-state index contributed by atoms with van der Waals surface area (Å²) in [7, 11) is 0. The van der Waals surface area contributed by atoms with Gasteiger partial charge < -0.3 is 14.8 Å². The van der Waals surface area contributed by atoms with Gasteiger partial charge in [-0.3, -0.25) is 5.10 Å². The van der Waals surface area contributed by atoms with Crippen LogP contribution >= 0.6 is 0 Å². The molecule has 1 amide bonds. The molecule has 0 fully saturated rings. The van der Waals surface area contributed by atoms with E-state index in [1.54, 1.807) is 0 Å². The van der Waals surface area contributed by atoms with Gasteiger partial charge in [0.15, 0.2) is 0 Å². The number of hydrogen-bond acceptors (Lipinski definition) is 4. The van der Waals surface area contributed by atoms with Gasteiger partial charge in [0.2, 0.25) is 0 Å². The largest absolute Gasteiger partial charge is 0.494 e. The van der Waals surface area contributed by atoms with Gasteiger partial charge in [-0.1, -0.05) is 5.92 Å². The van der Waals surface area contributed by atoms with E-state index in [0.29, 0.717) is 25.1 Å². The first kappa shape index (κ1) is 16.0. The van der Waals surface area contributed by atoms with Crippen molar-refractivity contribution in [3.05, 3.63) is 47.5 Å². The molecule has 0 radical (unpaired) electrons. The molecule has 3 aromatic rings. The Morgan fingerprint density at radius 2 is 2.08 bits per heavy atom. The standard InChI is InChI=1S/C20H17N3O3/c1-2-13-8-14-10-15(9-13)19-17-11-16(4-5-18(17)22-23-19)25-7-3-6-21-20(24)26-12-14/h1,4-5,8-11H,3,6-7,12H2,(H,21,24)(H,22,23). The van der Waals surface area contributed by atoms with Crippen LogP contribution in [-0.4, -0.2) is 29.4 Å². The number of hydrogen-bond donors (Lipinski definition) is 2. The van der Waals surface area contributed by atoms with E-state index in [-0.39, 0.29) is 6.61 Å². The molecular formula is C20H17N3O3. The molecule has 2 heterocycles. The summed E-state index contributed by atoms with van der Waals surface area (Å²) in [6.07, 6.45) is 5.81. The Morgan fingerprint density at radius 3 is 2.96 bits per heavy atom. The van der Waals surface area contributed by atoms with Crippen molar-refractivity contribution in [3.63, 3.8) is 0 Å². The molecule has 4 bridgehead atoms. The molecule has 0 saturated heterocycles. The Balaban J connectivity index is 1.84. The molecule has 2 aromatic carbocycles. The number of cyclic esters (lactones) is 1. The van der Waals surface area contributed by atoms with Crippen LogP contribution in [0.4, 0.5) is 4.79 Å². The summed E-state index contributed by atoms with van der Waals surface area (Å²) in [6, 6.07) is 11.5. The van der Waals surface area contributed by atoms with E-state index < -0.39 is 6.09 Å². The lowest BCUT2D eigenvalue weighted by Gasteiger charge is -2.09. The molecule has 1 aliphatic heterocycles. The first-order valence-corrected chi connectivity index (χ1v) is 8.35. The van der Waals surface area contributed by atoms with E-state index in [1.165, 1.54) is 0 Å². The first-order chi connectivity index (χ1) is 12.7. The number of ether oxygens (including phenoxy) is 2. The topological polar surface area (TPSA) is 76.2 Å². The zero-order valence-electron chi connectivity index (χ0n) is 14.0. The summed E-state index contributed by atoms with van der Waals surface area (Å²) >= 11 is 0. The lowest BCUT2D eigenvalue weighted by atomic mass is 10.0. The van der Waals surface area contributed by atoms with Crippen molar-refractivity contribution < 1.29 is 14.3 Å². The molecule has 6 nitrogen and oxygen atoms in total. The highest BCUT2D eigenvalue weighted by atomic mass is 16.5. The summed E-state index contributed by atoms with van der Waals surface area (Å²) < 4.78 is 11.1. The maximum Gasteiger partial charge on any atom is 0.407 e. The Kier molecular flexibility index (Phi) is 4.20. The number of H-pyrrole nitrogens is 1. The molecule has 6 heteroatoms. The molecule has 130 valence electrons. The number of aromatic amines is 1. The van der Waals surface area contributed by atoms with Crippen LogP contribution in [0.3, 0.4) is 0 Å². The van der Waals surface area contributed by atoms with Gasteiger partial charge >= 0.3 is 6.09 Å². The van der Waals surface area contributed by atoms with Crippen LogP contribution in [-0.2, 0) is 11.3 Å². The first-order valence-electron chi connectivity index (χ1n) is 8.35. The molecule has 0 atom stereocenters. The van der Waals surface area contributed by atoms with E-state index in [1.807, 2.05) is 36.4 Å². The van der Waals surface area contributed by atoms with Crippen LogP contribution in [0.2, 0.25) is 0 Å². The molecular weight excluding hydrogens is 330 g/mol. The molecule has 1 aromatic heterocycles. The minimum absolute atomic E-state index is 0.137. The predicted molar refractivity (Wildman–Crippen MR) is 97.8 cm³/mol. The Hall–Kier alpha value is -3.46. The molecule has 26 heavy (non-hydrogen) atoms. The van der Waals surface area contributed by atoms with E-state index in [0.717, 1.165) is 33.5 Å². The van der Waals surface area contributed by atoms with E-state index in [9.17, 15) is 4.79 Å². The number of nitrogens with one attached hydrogen (secondary N) is 2. The van der Waals surface area contributed by atoms with Gasteiger partial charge in [-0.25, -0.2) is 4.79 Å². The highest BCUT2D eigenvalue weighted by Crippen LogP contribution is 2.30. The number of aromatic nitrogens is 2. The highest BCUT2D eigenvalue weighted by molar-refractivity contribution is 5.94. The second-order valence-electron chi connectivity index (χ2n) is 6.05. The maximum absolute atomic E-state index is 11.8. The van der Waals surface area contributed by atoms with Gasteiger partial charge in [0.1, 0.15) is 18.1 Å². The summed E-state index contributed by atoms with van der Waals surface area (Å²) in [4.78, 5) is 11.8. The van der Waals surface area contributed by atoms with E-state index in [2.05, 4.69) is 21.4 Å². The number of rotatable bonds is 0. The van der Waals surface area contributed by atoms with Gasteiger partial charge in [0.25, 0.3) is 0 Å². The number of carbonyl (C=O) groups is 1. The van der Waals surface area contributed by atoms with Gasteiger partial charge in [-0.15, -0.1) is 6.42 Å². The van der Waals surface area contributed by atoms with Crippen LogP contribution in [0.5, 0.6) is 5.75 Å². The monoisotopic (exact) mass is 347 g/mol. The fourth-order valence-electron chi connectivity index (χ4n) is 2.95. The second-order valence-corrected chi connectivity index (χ2v) is 6.05. The molecule has 4 rings (SSSR count). The third kappa shape index (κ3) is 3.20. The Labute approximate surface area is 150 Å². The number of alkyl carbamates (subject to hydrolysis) is 1. The van der Waals surface area contributed by atoms with Crippen molar-refractivity contribution in [2.24, 2.45) is 0 Å². The SMILES string of the molecule is C#Cc1cc2cc(c1)-c1n[nH]c3ccc(cc13)OCCCNC(=O)OC2. The van der Waals surface area contributed by atoms with Crippen molar-refractivity contribution >= 4 is 17.0 Å². The average molecular weight is 347 g/mol. The molecule has 2 N–H and O–H groups in total. The van der Waals surface area contributed by atoms with Crippen molar-refractivity contribution in [3.8, 4) is 29.4 Å². The van der Waals surface area contributed by atoms with Gasteiger partial charge in [0, 0.05) is 23.1 Å². The molecule has 0 saturated carbocycles. The lowest BCUT2D eigenvalue weighted by molar-refractivity contribution is 0.139. The number of nitrogens with zero attached hydrogens (tertiary/aromatic N) is 1. The Bertz CT molecular complexity index is 1020. The Morgan fingerprint density at radius 1 is 1.15 bits per heavy atom. The number of terminal acetylenes is 1. The van der Waals surface area contributed by atoms with Crippen molar-refractivity contribution in [2.75, 3.05) is 13.2 Å². The molecule has 0 aliphatic carbocycles. The third-order valence-electron chi connectivity index (χ3n) is 4.20. The van der Waals surface area contributed by atoms with E-state index in [4.69, 9.17) is 15.9 Å². The van der Waals surface area contributed by atoms with Crippen LogP contribution in [0, 0.1) is 12.3 Å².